The van der Waals surface area contributed by atoms with Crippen LogP contribution in [0.3, 0.4) is 0 Å². The van der Waals surface area contributed by atoms with Crippen LogP contribution in [0.15, 0.2) is 77.8 Å². The molecule has 5 nitrogen and oxygen atoms in total. The van der Waals surface area contributed by atoms with Crippen LogP contribution >= 0.6 is 0 Å². The third kappa shape index (κ3) is 4.58. The summed E-state index contributed by atoms with van der Waals surface area (Å²) >= 11 is 0. The first-order valence-corrected chi connectivity index (χ1v) is 9.35. The molecule has 2 N–H and O–H groups in total. The van der Waals surface area contributed by atoms with Gasteiger partial charge >= 0.3 is 0 Å². The summed E-state index contributed by atoms with van der Waals surface area (Å²) < 4.78 is 27.0. The van der Waals surface area contributed by atoms with Crippen LogP contribution in [-0.4, -0.2) is 13.4 Å². The molecule has 2 aromatic carbocycles. The molecule has 1 heterocycles. The van der Waals surface area contributed by atoms with Crippen LogP contribution in [0.1, 0.15) is 11.1 Å². The van der Waals surface area contributed by atoms with Gasteiger partial charge in [0.05, 0.1) is 16.8 Å². The first-order valence-electron chi connectivity index (χ1n) is 7.86. The number of hydrogen-bond acceptors (Lipinski definition) is 4. The van der Waals surface area contributed by atoms with Crippen molar-refractivity contribution in [1.29, 1.82) is 0 Å². The molecule has 0 amide bonds. The van der Waals surface area contributed by atoms with Crippen molar-refractivity contribution in [1.82, 2.24) is 4.98 Å². The van der Waals surface area contributed by atoms with E-state index >= 15 is 0 Å². The molecule has 0 atom stereocenters. The summed E-state index contributed by atoms with van der Waals surface area (Å²) in [6.45, 7) is 2.73. The van der Waals surface area contributed by atoms with E-state index in [4.69, 9.17) is 0 Å². The molecule has 0 bridgehead atoms. The average molecular weight is 353 g/mol. The lowest BCUT2D eigenvalue weighted by molar-refractivity contribution is 0.601. The van der Waals surface area contributed by atoms with Gasteiger partial charge in [0.2, 0.25) is 0 Å². The first-order chi connectivity index (χ1) is 12.0. The van der Waals surface area contributed by atoms with Crippen molar-refractivity contribution >= 4 is 21.5 Å². The van der Waals surface area contributed by atoms with E-state index in [1.165, 1.54) is 11.1 Å². The fraction of sp³-hybridized carbons (Fsp3) is 0.105. The lowest BCUT2D eigenvalue weighted by Gasteiger charge is -2.09. The maximum atomic E-state index is 12.3. The van der Waals surface area contributed by atoms with Gasteiger partial charge in [0.25, 0.3) is 10.0 Å². The Bertz CT molecular complexity index is 940. The van der Waals surface area contributed by atoms with Gasteiger partial charge in [0, 0.05) is 6.54 Å². The van der Waals surface area contributed by atoms with Crippen molar-refractivity contribution in [3.05, 3.63) is 84.1 Å². The molecule has 0 radical (unpaired) electrons. The summed E-state index contributed by atoms with van der Waals surface area (Å²) in [4.78, 5) is 4.37. The molecule has 6 heteroatoms. The highest BCUT2D eigenvalue weighted by Gasteiger charge is 2.13. The molecule has 0 saturated heterocycles. The van der Waals surface area contributed by atoms with Crippen molar-refractivity contribution in [3.8, 4) is 0 Å². The molecular weight excluding hydrogens is 334 g/mol. The predicted molar refractivity (Wildman–Crippen MR) is 100.0 cm³/mol. The van der Waals surface area contributed by atoms with Gasteiger partial charge in [0.1, 0.15) is 5.82 Å². The van der Waals surface area contributed by atoms with E-state index in [0.29, 0.717) is 6.54 Å². The normalized spacial score (nSPS) is 11.1. The Labute approximate surface area is 147 Å². The second kappa shape index (κ2) is 7.36. The minimum Gasteiger partial charge on any atom is -0.380 e. The van der Waals surface area contributed by atoms with Gasteiger partial charge in [-0.2, -0.15) is 0 Å². The van der Waals surface area contributed by atoms with Crippen molar-refractivity contribution in [3.63, 3.8) is 0 Å². The average Bonchev–Trinajstić information content (AvgIpc) is 2.62. The van der Waals surface area contributed by atoms with Gasteiger partial charge in [-0.1, -0.05) is 48.0 Å². The zero-order chi connectivity index (χ0) is 17.7. The zero-order valence-electron chi connectivity index (χ0n) is 13.8. The Morgan fingerprint density at radius 2 is 1.76 bits per heavy atom. The number of sulfonamides is 1. The summed E-state index contributed by atoms with van der Waals surface area (Å²) in [5.74, 6) is 0.282. The fourth-order valence-corrected chi connectivity index (χ4v) is 3.41. The molecule has 128 valence electrons. The van der Waals surface area contributed by atoms with Gasteiger partial charge in [-0.25, -0.2) is 13.4 Å². The molecule has 0 aliphatic rings. The molecule has 0 fully saturated rings. The number of aromatic nitrogens is 1. The number of nitrogens with zero attached hydrogens (tertiary/aromatic N) is 1. The highest BCUT2D eigenvalue weighted by atomic mass is 32.2. The van der Waals surface area contributed by atoms with Crippen molar-refractivity contribution in [2.24, 2.45) is 0 Å². The molecule has 0 aliphatic heterocycles. The van der Waals surface area contributed by atoms with E-state index in [-0.39, 0.29) is 10.7 Å². The topological polar surface area (TPSA) is 71.1 Å². The van der Waals surface area contributed by atoms with Crippen LogP contribution in [-0.2, 0) is 16.6 Å². The van der Waals surface area contributed by atoms with Crippen molar-refractivity contribution in [2.45, 2.75) is 18.4 Å². The summed E-state index contributed by atoms with van der Waals surface area (Å²) in [7, 11) is -3.62. The Morgan fingerprint density at radius 1 is 0.960 bits per heavy atom. The SMILES string of the molecule is Cc1cccc(CNc2ccc(NS(=O)(=O)c3ccccc3)nc2)c1. The van der Waals surface area contributed by atoms with Crippen molar-refractivity contribution < 1.29 is 8.42 Å². The Kier molecular flexibility index (Phi) is 5.00. The van der Waals surface area contributed by atoms with Gasteiger partial charge in [-0.05, 0) is 36.8 Å². The largest absolute Gasteiger partial charge is 0.380 e. The van der Waals surface area contributed by atoms with E-state index < -0.39 is 10.0 Å². The van der Waals surface area contributed by atoms with E-state index in [1.54, 1.807) is 48.7 Å². The second-order valence-corrected chi connectivity index (χ2v) is 7.38. The maximum absolute atomic E-state index is 12.3. The molecule has 0 aliphatic carbocycles. The molecule has 3 rings (SSSR count). The van der Waals surface area contributed by atoms with Crippen LogP contribution in [0.2, 0.25) is 0 Å². The lowest BCUT2D eigenvalue weighted by atomic mass is 10.1. The van der Waals surface area contributed by atoms with E-state index in [9.17, 15) is 8.42 Å². The van der Waals surface area contributed by atoms with E-state index in [0.717, 1.165) is 5.69 Å². The summed E-state index contributed by atoms with van der Waals surface area (Å²) in [6, 6.07) is 19.9. The number of benzene rings is 2. The Morgan fingerprint density at radius 3 is 2.44 bits per heavy atom. The smallest absolute Gasteiger partial charge is 0.263 e. The Balaban J connectivity index is 1.64. The maximum Gasteiger partial charge on any atom is 0.263 e. The minimum atomic E-state index is -3.62. The number of hydrogen-bond donors (Lipinski definition) is 2. The number of nitrogens with one attached hydrogen (secondary N) is 2. The van der Waals surface area contributed by atoms with Crippen LogP contribution in [0.5, 0.6) is 0 Å². The zero-order valence-corrected chi connectivity index (χ0v) is 14.6. The Hall–Kier alpha value is -2.86. The quantitative estimate of drug-likeness (QED) is 0.707. The second-order valence-electron chi connectivity index (χ2n) is 5.69. The molecule has 25 heavy (non-hydrogen) atoms. The number of rotatable bonds is 6. The number of anilines is 2. The highest BCUT2D eigenvalue weighted by molar-refractivity contribution is 7.92. The summed E-state index contributed by atoms with van der Waals surface area (Å²) in [5.41, 5.74) is 3.21. The lowest BCUT2D eigenvalue weighted by Crippen LogP contribution is -2.13. The number of pyridine rings is 1. The molecule has 1 aromatic heterocycles. The summed E-state index contributed by atoms with van der Waals surface area (Å²) in [5, 5.41) is 3.27. The third-order valence-corrected chi connectivity index (χ3v) is 5.01. The standard InChI is InChI=1S/C19H19N3O2S/c1-15-6-5-7-16(12-15)13-20-17-10-11-19(21-14-17)22-25(23,24)18-8-3-2-4-9-18/h2-12,14,20H,13H2,1H3,(H,21,22). The van der Waals surface area contributed by atoms with Crippen LogP contribution in [0, 0.1) is 6.92 Å². The molecular formula is C19H19N3O2S. The van der Waals surface area contributed by atoms with Crippen LogP contribution in [0.4, 0.5) is 11.5 Å². The molecule has 0 saturated carbocycles. The van der Waals surface area contributed by atoms with Gasteiger partial charge in [-0.15, -0.1) is 0 Å². The van der Waals surface area contributed by atoms with E-state index in [2.05, 4.69) is 40.1 Å². The number of aryl methyl sites for hydroxylation is 1. The van der Waals surface area contributed by atoms with Crippen LogP contribution < -0.4 is 10.0 Å². The van der Waals surface area contributed by atoms with Gasteiger partial charge in [0.15, 0.2) is 0 Å². The van der Waals surface area contributed by atoms with Crippen molar-refractivity contribution in [2.75, 3.05) is 10.0 Å². The van der Waals surface area contributed by atoms with Gasteiger partial charge in [-0.3, -0.25) is 4.72 Å². The monoisotopic (exact) mass is 353 g/mol. The third-order valence-electron chi connectivity index (χ3n) is 3.64. The highest BCUT2D eigenvalue weighted by Crippen LogP contribution is 2.16. The van der Waals surface area contributed by atoms with Crippen LogP contribution in [0.25, 0.3) is 0 Å². The molecule has 0 spiro atoms. The molecule has 3 aromatic rings. The summed E-state index contributed by atoms with van der Waals surface area (Å²) in [6.07, 6.45) is 1.61. The van der Waals surface area contributed by atoms with Gasteiger partial charge < -0.3 is 5.32 Å². The minimum absolute atomic E-state index is 0.207. The first kappa shape index (κ1) is 17.0. The predicted octanol–water partition coefficient (Wildman–Crippen LogP) is 3.80. The molecule has 0 unspecified atom stereocenters. The fourth-order valence-electron chi connectivity index (χ4n) is 2.38. The van der Waals surface area contributed by atoms with E-state index in [1.807, 2.05) is 6.07 Å².